The maximum atomic E-state index is 11.8. The molecular weight excluding hydrogens is 270 g/mol. The number of rotatable bonds is 2. The van der Waals surface area contributed by atoms with Gasteiger partial charge in [0.15, 0.2) is 0 Å². The van der Waals surface area contributed by atoms with Crippen LogP contribution in [0, 0.1) is 11.3 Å². The van der Waals surface area contributed by atoms with Crippen molar-refractivity contribution in [1.82, 2.24) is 0 Å². The van der Waals surface area contributed by atoms with Crippen LogP contribution in [0.15, 0.2) is 0 Å². The molecule has 0 unspecified atom stereocenters. The Labute approximate surface area is 114 Å². The highest BCUT2D eigenvalue weighted by molar-refractivity contribution is 7.99. The van der Waals surface area contributed by atoms with Crippen molar-refractivity contribution in [3.8, 4) is 6.07 Å². The van der Waals surface area contributed by atoms with Crippen molar-refractivity contribution in [3.63, 3.8) is 0 Å². The quantitative estimate of drug-likeness (QED) is 0.829. The van der Waals surface area contributed by atoms with Crippen LogP contribution in [0.4, 0.5) is 10.7 Å². The molecule has 1 fully saturated rings. The van der Waals surface area contributed by atoms with Gasteiger partial charge in [-0.2, -0.15) is 17.0 Å². The van der Waals surface area contributed by atoms with Gasteiger partial charge in [-0.15, -0.1) is 11.3 Å². The number of carbonyl (C=O) groups excluding carboxylic acids is 1. The second kappa shape index (κ2) is 5.50. The third-order valence-corrected chi connectivity index (χ3v) is 4.83. The Balaban J connectivity index is 2.45. The number of ether oxygens (including phenoxy) is 1. The van der Waals surface area contributed by atoms with E-state index in [2.05, 4.69) is 4.90 Å². The van der Waals surface area contributed by atoms with Crippen molar-refractivity contribution in [2.45, 2.75) is 0 Å². The lowest BCUT2D eigenvalue weighted by atomic mass is 10.2. The van der Waals surface area contributed by atoms with E-state index in [-0.39, 0.29) is 5.69 Å². The van der Waals surface area contributed by atoms with Gasteiger partial charge in [0.1, 0.15) is 21.5 Å². The fraction of sp³-hybridized carbons (Fsp3) is 0.455. The molecule has 0 spiro atoms. The second-order valence-electron chi connectivity index (χ2n) is 3.73. The minimum absolute atomic E-state index is 0.238. The van der Waals surface area contributed by atoms with Crippen LogP contribution in [0.5, 0.6) is 0 Å². The highest BCUT2D eigenvalue weighted by Crippen LogP contribution is 2.39. The van der Waals surface area contributed by atoms with E-state index in [1.807, 2.05) is 17.8 Å². The van der Waals surface area contributed by atoms with Crippen LogP contribution in [-0.2, 0) is 4.74 Å². The fourth-order valence-corrected chi connectivity index (χ4v) is 3.76. The molecular formula is C11H13N3O2S2. The molecule has 2 rings (SSSR count). The molecule has 1 saturated heterocycles. The van der Waals surface area contributed by atoms with E-state index in [1.165, 1.54) is 18.4 Å². The largest absolute Gasteiger partial charge is 0.465 e. The summed E-state index contributed by atoms with van der Waals surface area (Å²) in [6, 6.07) is 2.03. The number of thiophene rings is 1. The van der Waals surface area contributed by atoms with Crippen LogP contribution in [-0.4, -0.2) is 37.7 Å². The molecule has 18 heavy (non-hydrogen) atoms. The van der Waals surface area contributed by atoms with Gasteiger partial charge in [0.2, 0.25) is 0 Å². The highest BCUT2D eigenvalue weighted by atomic mass is 32.2. The molecule has 1 aliphatic heterocycles. The lowest BCUT2D eigenvalue weighted by Crippen LogP contribution is -2.32. The third-order valence-electron chi connectivity index (χ3n) is 2.72. The minimum atomic E-state index is -0.474. The average Bonchev–Trinajstić information content (AvgIpc) is 2.76. The Hall–Kier alpha value is -1.39. The van der Waals surface area contributed by atoms with E-state index < -0.39 is 5.97 Å². The monoisotopic (exact) mass is 283 g/mol. The van der Waals surface area contributed by atoms with Gasteiger partial charge in [0, 0.05) is 24.6 Å². The summed E-state index contributed by atoms with van der Waals surface area (Å²) in [5, 5.41) is 9.78. The summed E-state index contributed by atoms with van der Waals surface area (Å²) in [5.74, 6) is 1.55. The molecule has 0 aromatic carbocycles. The predicted molar refractivity (Wildman–Crippen MR) is 74.3 cm³/mol. The van der Waals surface area contributed by atoms with Crippen molar-refractivity contribution in [1.29, 1.82) is 5.26 Å². The topological polar surface area (TPSA) is 79.3 Å². The maximum absolute atomic E-state index is 11.8. The number of methoxy groups -OCH3 is 1. The Kier molecular flexibility index (Phi) is 3.99. The molecule has 0 radical (unpaired) electrons. The molecule has 2 N–H and O–H groups in total. The standard InChI is InChI=1S/C11H13N3O2S2/c1-16-11(15)8-9(13)7(6-12)18-10(8)14-2-4-17-5-3-14/h2-5,13H2,1H3. The van der Waals surface area contributed by atoms with Crippen LogP contribution in [0.3, 0.4) is 0 Å². The van der Waals surface area contributed by atoms with Gasteiger partial charge in [-0.3, -0.25) is 0 Å². The molecule has 0 saturated carbocycles. The zero-order valence-corrected chi connectivity index (χ0v) is 11.6. The van der Waals surface area contributed by atoms with Gasteiger partial charge in [-0.1, -0.05) is 0 Å². The third kappa shape index (κ3) is 2.26. The molecule has 0 aliphatic carbocycles. The molecule has 7 heteroatoms. The molecule has 2 heterocycles. The number of thioether (sulfide) groups is 1. The number of nitrogens with zero attached hydrogens (tertiary/aromatic N) is 2. The number of hydrogen-bond acceptors (Lipinski definition) is 7. The van der Waals surface area contributed by atoms with Gasteiger partial charge in [-0.05, 0) is 0 Å². The molecule has 0 bridgehead atoms. The normalized spacial score (nSPS) is 15.2. The van der Waals surface area contributed by atoms with Crippen LogP contribution >= 0.6 is 23.1 Å². The van der Waals surface area contributed by atoms with Crippen molar-refractivity contribution in [2.24, 2.45) is 0 Å². The zero-order valence-electron chi connectivity index (χ0n) is 9.93. The number of esters is 1. The average molecular weight is 283 g/mol. The maximum Gasteiger partial charge on any atom is 0.343 e. The van der Waals surface area contributed by atoms with E-state index in [4.69, 9.17) is 15.7 Å². The molecule has 0 atom stereocenters. The van der Waals surface area contributed by atoms with E-state index in [9.17, 15) is 4.79 Å². The fourth-order valence-electron chi connectivity index (χ4n) is 1.80. The summed E-state index contributed by atoms with van der Waals surface area (Å²) in [4.78, 5) is 14.3. The molecule has 0 amide bonds. The number of nitrogens with two attached hydrogens (primary N) is 1. The first-order chi connectivity index (χ1) is 8.69. The zero-order chi connectivity index (χ0) is 13.1. The van der Waals surface area contributed by atoms with Crippen LogP contribution < -0.4 is 10.6 Å². The number of carbonyl (C=O) groups is 1. The van der Waals surface area contributed by atoms with Crippen molar-refractivity contribution < 1.29 is 9.53 Å². The second-order valence-corrected chi connectivity index (χ2v) is 5.95. The SMILES string of the molecule is COC(=O)c1c(N2CCSCC2)sc(C#N)c1N. The smallest absolute Gasteiger partial charge is 0.343 e. The van der Waals surface area contributed by atoms with Crippen molar-refractivity contribution in [3.05, 3.63) is 10.4 Å². The summed E-state index contributed by atoms with van der Waals surface area (Å²) in [6.45, 7) is 1.72. The summed E-state index contributed by atoms with van der Waals surface area (Å²) in [6.07, 6.45) is 0. The highest BCUT2D eigenvalue weighted by Gasteiger charge is 2.27. The molecule has 5 nitrogen and oxygen atoms in total. The summed E-state index contributed by atoms with van der Waals surface area (Å²) in [7, 11) is 1.32. The summed E-state index contributed by atoms with van der Waals surface area (Å²) >= 11 is 3.15. The number of hydrogen-bond donors (Lipinski definition) is 1. The predicted octanol–water partition coefficient (Wildman–Crippen LogP) is 1.54. The van der Waals surface area contributed by atoms with Crippen molar-refractivity contribution >= 4 is 39.8 Å². The first-order valence-electron chi connectivity index (χ1n) is 5.42. The van der Waals surface area contributed by atoms with E-state index in [1.54, 1.807) is 0 Å². The van der Waals surface area contributed by atoms with Gasteiger partial charge in [0.05, 0.1) is 12.8 Å². The minimum Gasteiger partial charge on any atom is -0.465 e. The number of nitriles is 1. The molecule has 96 valence electrons. The van der Waals surface area contributed by atoms with Crippen LogP contribution in [0.2, 0.25) is 0 Å². The summed E-state index contributed by atoms with van der Waals surface area (Å²) in [5.41, 5.74) is 6.43. The lowest BCUT2D eigenvalue weighted by molar-refractivity contribution is 0.0603. The first kappa shape index (κ1) is 13.1. The van der Waals surface area contributed by atoms with E-state index in [0.29, 0.717) is 10.4 Å². The molecule has 1 aliphatic rings. The van der Waals surface area contributed by atoms with Crippen molar-refractivity contribution in [2.75, 3.05) is 42.3 Å². The Bertz CT molecular complexity index is 501. The van der Waals surface area contributed by atoms with Gasteiger partial charge in [0.25, 0.3) is 0 Å². The Morgan fingerprint density at radius 3 is 2.72 bits per heavy atom. The Morgan fingerprint density at radius 1 is 1.50 bits per heavy atom. The number of anilines is 2. The lowest BCUT2D eigenvalue weighted by Gasteiger charge is -2.27. The number of nitrogen functional groups attached to an aromatic ring is 1. The van der Waals surface area contributed by atoms with Gasteiger partial charge in [-0.25, -0.2) is 4.79 Å². The molecule has 1 aromatic heterocycles. The van der Waals surface area contributed by atoms with E-state index >= 15 is 0 Å². The van der Waals surface area contributed by atoms with Crippen LogP contribution in [0.1, 0.15) is 15.2 Å². The first-order valence-corrected chi connectivity index (χ1v) is 7.39. The van der Waals surface area contributed by atoms with E-state index in [0.717, 1.165) is 29.6 Å². The van der Waals surface area contributed by atoms with Crippen LogP contribution in [0.25, 0.3) is 0 Å². The summed E-state index contributed by atoms with van der Waals surface area (Å²) < 4.78 is 4.75. The van der Waals surface area contributed by atoms with Gasteiger partial charge >= 0.3 is 5.97 Å². The molecule has 1 aromatic rings. The Morgan fingerprint density at radius 2 is 2.17 bits per heavy atom. The van der Waals surface area contributed by atoms with Gasteiger partial charge < -0.3 is 15.4 Å².